The van der Waals surface area contributed by atoms with Crippen LogP contribution < -0.4 is 19.5 Å². The minimum atomic E-state index is -4.54. The maximum atomic E-state index is 13.5. The second kappa shape index (κ2) is 14.3. The van der Waals surface area contributed by atoms with Gasteiger partial charge in [0, 0.05) is 18.7 Å². The molecule has 228 valence electrons. The van der Waals surface area contributed by atoms with E-state index < -0.39 is 17.0 Å². The summed E-state index contributed by atoms with van der Waals surface area (Å²) in [7, 11) is 3.05. The fourth-order valence-corrected chi connectivity index (χ4v) is 5.49. The van der Waals surface area contributed by atoms with Crippen LogP contribution in [0.2, 0.25) is 0 Å². The molecule has 1 heterocycles. The second-order valence-electron chi connectivity index (χ2n) is 9.60. The predicted molar refractivity (Wildman–Crippen MR) is 160 cm³/mol. The number of nitrogens with one attached hydrogen (secondary N) is 1. The number of carbonyl (C=O) groups is 2. The van der Waals surface area contributed by atoms with Gasteiger partial charge in [0.15, 0.2) is 16.7 Å². The number of aliphatic imine (C=N–C) groups is 1. The quantitative estimate of drug-likeness (QED) is 0.244. The number of halogens is 3. The van der Waals surface area contributed by atoms with Gasteiger partial charge in [-0.3, -0.25) is 14.5 Å². The number of nitrogens with zero attached hydrogens (tertiary/aromatic N) is 2. The summed E-state index contributed by atoms with van der Waals surface area (Å²) < 4.78 is 56.2. The molecule has 0 radical (unpaired) electrons. The highest BCUT2D eigenvalue weighted by Crippen LogP contribution is 2.35. The molecule has 0 spiro atoms. The van der Waals surface area contributed by atoms with Crippen LogP contribution in [0.25, 0.3) is 0 Å². The van der Waals surface area contributed by atoms with Crippen molar-refractivity contribution in [3.63, 3.8) is 0 Å². The molecule has 3 aromatic rings. The lowest BCUT2D eigenvalue weighted by atomic mass is 10.1. The van der Waals surface area contributed by atoms with E-state index in [-0.39, 0.29) is 35.6 Å². The van der Waals surface area contributed by atoms with Crippen molar-refractivity contribution < 1.29 is 37.0 Å². The Labute approximate surface area is 252 Å². The highest BCUT2D eigenvalue weighted by Gasteiger charge is 2.39. The fourth-order valence-electron chi connectivity index (χ4n) is 4.30. The van der Waals surface area contributed by atoms with E-state index in [0.29, 0.717) is 36.0 Å². The number of alkyl halides is 3. The van der Waals surface area contributed by atoms with Gasteiger partial charge in [-0.25, -0.2) is 4.99 Å². The number of benzene rings is 3. The number of rotatable bonds is 12. The molecule has 0 aromatic heterocycles. The number of hydrogen-bond acceptors (Lipinski definition) is 7. The zero-order valence-electron chi connectivity index (χ0n) is 23.9. The van der Waals surface area contributed by atoms with Gasteiger partial charge in [0.2, 0.25) is 11.8 Å². The number of hydrogen-bond donors (Lipinski definition) is 1. The van der Waals surface area contributed by atoms with E-state index in [1.165, 1.54) is 31.3 Å². The van der Waals surface area contributed by atoms with Crippen molar-refractivity contribution in [3.05, 3.63) is 77.9 Å². The molecular weight excluding hydrogens is 583 g/mol. The van der Waals surface area contributed by atoms with Gasteiger partial charge in [0.1, 0.15) is 11.0 Å². The number of amidine groups is 1. The number of thioether (sulfide) groups is 1. The largest absolute Gasteiger partial charge is 0.494 e. The van der Waals surface area contributed by atoms with Gasteiger partial charge in [0.25, 0.3) is 0 Å². The Morgan fingerprint density at radius 2 is 1.77 bits per heavy atom. The summed E-state index contributed by atoms with van der Waals surface area (Å²) in [4.78, 5) is 32.2. The van der Waals surface area contributed by atoms with Crippen LogP contribution in [0.1, 0.15) is 30.9 Å². The molecule has 12 heteroatoms. The first-order valence-corrected chi connectivity index (χ1v) is 14.5. The lowest BCUT2D eigenvalue weighted by Gasteiger charge is -2.17. The third kappa shape index (κ3) is 8.44. The average molecular weight is 616 g/mol. The van der Waals surface area contributed by atoms with Crippen molar-refractivity contribution in [3.8, 4) is 17.2 Å². The summed E-state index contributed by atoms with van der Waals surface area (Å²) in [5.41, 5.74) is 0.605. The molecular formula is C31H32F3N3O5S. The molecule has 3 aromatic carbocycles. The van der Waals surface area contributed by atoms with Gasteiger partial charge in [-0.15, -0.1) is 0 Å². The molecule has 1 aliphatic rings. The maximum absolute atomic E-state index is 13.5. The number of anilines is 1. The van der Waals surface area contributed by atoms with E-state index in [0.717, 1.165) is 35.9 Å². The number of methoxy groups -OCH3 is 2. The van der Waals surface area contributed by atoms with Gasteiger partial charge in [0.05, 0.1) is 32.1 Å². The van der Waals surface area contributed by atoms with E-state index in [4.69, 9.17) is 14.2 Å². The molecule has 1 atom stereocenters. The van der Waals surface area contributed by atoms with E-state index in [1.54, 1.807) is 36.4 Å². The normalized spacial score (nSPS) is 16.0. The first-order chi connectivity index (χ1) is 20.6. The third-order valence-corrected chi connectivity index (χ3v) is 7.65. The van der Waals surface area contributed by atoms with Gasteiger partial charge in [-0.1, -0.05) is 30.8 Å². The van der Waals surface area contributed by atoms with Crippen LogP contribution in [-0.4, -0.2) is 54.5 Å². The molecule has 0 aliphatic carbocycles. The molecule has 4 rings (SSSR count). The van der Waals surface area contributed by atoms with Crippen molar-refractivity contribution in [1.29, 1.82) is 0 Å². The summed E-state index contributed by atoms with van der Waals surface area (Å²) in [5, 5.41) is 2.21. The molecule has 43 heavy (non-hydrogen) atoms. The van der Waals surface area contributed by atoms with E-state index >= 15 is 0 Å². The zero-order valence-corrected chi connectivity index (χ0v) is 24.8. The molecule has 0 unspecified atom stereocenters. The molecule has 8 nitrogen and oxygen atoms in total. The highest BCUT2D eigenvalue weighted by molar-refractivity contribution is 8.15. The fraction of sp³-hybridized carbons (Fsp3) is 0.323. The van der Waals surface area contributed by atoms with Crippen LogP contribution in [0.15, 0.2) is 71.7 Å². The lowest BCUT2D eigenvalue weighted by molar-refractivity contribution is -0.137. The van der Waals surface area contributed by atoms with Crippen LogP contribution in [-0.2, 0) is 22.2 Å². The molecule has 1 saturated heterocycles. The molecule has 2 amide bonds. The monoisotopic (exact) mass is 615 g/mol. The Morgan fingerprint density at radius 3 is 2.44 bits per heavy atom. The summed E-state index contributed by atoms with van der Waals surface area (Å²) in [6.45, 7) is 2.78. The zero-order chi connectivity index (χ0) is 31.0. The molecule has 1 aliphatic heterocycles. The second-order valence-corrected chi connectivity index (χ2v) is 10.8. The summed E-state index contributed by atoms with van der Waals surface area (Å²) in [6.07, 6.45) is -3.41. The van der Waals surface area contributed by atoms with Crippen molar-refractivity contribution in [1.82, 2.24) is 4.90 Å². The minimum Gasteiger partial charge on any atom is -0.494 e. The minimum absolute atomic E-state index is 0.0525. The SMILES string of the molecule is CCCOc1ccc(NC(=O)C[C@@H]2SC(=Nc3cccc(C(F)(F)F)c3)N(CCc3ccc(OC)c(OC)c3)C2=O)cc1. The van der Waals surface area contributed by atoms with Crippen molar-refractivity contribution in [2.45, 2.75) is 37.6 Å². The van der Waals surface area contributed by atoms with Crippen LogP contribution in [0.5, 0.6) is 17.2 Å². The molecule has 1 fully saturated rings. The smallest absolute Gasteiger partial charge is 0.416 e. The average Bonchev–Trinajstić information content (AvgIpc) is 3.27. The van der Waals surface area contributed by atoms with Crippen LogP contribution in [0.4, 0.5) is 24.5 Å². The van der Waals surface area contributed by atoms with Gasteiger partial charge < -0.3 is 19.5 Å². The Bertz CT molecular complexity index is 1460. The first-order valence-electron chi connectivity index (χ1n) is 13.6. The number of ether oxygens (including phenoxy) is 3. The predicted octanol–water partition coefficient (Wildman–Crippen LogP) is 6.71. The van der Waals surface area contributed by atoms with E-state index in [9.17, 15) is 22.8 Å². The Hall–Kier alpha value is -4.19. The van der Waals surface area contributed by atoms with Gasteiger partial charge >= 0.3 is 6.18 Å². The third-order valence-electron chi connectivity index (χ3n) is 6.47. The molecule has 0 saturated carbocycles. The standard InChI is InChI=1S/C31H32F3N3O5S/c1-4-16-42-24-11-9-22(10-12-24)35-28(38)19-27-29(39)37(15-14-20-8-13-25(40-2)26(17-20)41-3)30(43-27)36-23-7-5-6-21(18-23)31(32,33)34/h5-13,17-18,27H,4,14-16,19H2,1-3H3,(H,35,38)/t27-/m0/s1. The van der Waals surface area contributed by atoms with Crippen LogP contribution in [0, 0.1) is 0 Å². The maximum Gasteiger partial charge on any atom is 0.416 e. The summed E-state index contributed by atoms with van der Waals surface area (Å²) in [5.74, 6) is 1.03. The molecule has 0 bridgehead atoms. The van der Waals surface area contributed by atoms with Crippen molar-refractivity contribution in [2.24, 2.45) is 4.99 Å². The topological polar surface area (TPSA) is 89.5 Å². The Kier molecular flexibility index (Phi) is 10.6. The molecule has 1 N–H and O–H groups in total. The number of amides is 2. The Morgan fingerprint density at radius 1 is 1.02 bits per heavy atom. The summed E-state index contributed by atoms with van der Waals surface area (Å²) >= 11 is 1.05. The van der Waals surface area contributed by atoms with Gasteiger partial charge in [-0.05, 0) is 73.0 Å². The van der Waals surface area contributed by atoms with Gasteiger partial charge in [-0.2, -0.15) is 13.2 Å². The van der Waals surface area contributed by atoms with Crippen LogP contribution >= 0.6 is 11.8 Å². The summed E-state index contributed by atoms with van der Waals surface area (Å²) in [6, 6.07) is 16.9. The van der Waals surface area contributed by atoms with E-state index in [2.05, 4.69) is 10.3 Å². The van der Waals surface area contributed by atoms with Crippen molar-refractivity contribution in [2.75, 3.05) is 32.7 Å². The highest BCUT2D eigenvalue weighted by atomic mass is 32.2. The van der Waals surface area contributed by atoms with Crippen LogP contribution in [0.3, 0.4) is 0 Å². The first kappa shape index (κ1) is 31.7. The Balaban J connectivity index is 1.52. The van der Waals surface area contributed by atoms with Crippen molar-refractivity contribution >= 4 is 40.1 Å². The number of carbonyl (C=O) groups excluding carboxylic acids is 2. The van der Waals surface area contributed by atoms with E-state index in [1.807, 2.05) is 13.0 Å². The lowest BCUT2D eigenvalue weighted by Crippen LogP contribution is -2.35.